The second kappa shape index (κ2) is 9.03. The van der Waals surface area contributed by atoms with E-state index in [-0.39, 0.29) is 12.3 Å². The van der Waals surface area contributed by atoms with E-state index in [9.17, 15) is 9.59 Å². The van der Waals surface area contributed by atoms with Crippen molar-refractivity contribution in [2.75, 3.05) is 6.54 Å². The van der Waals surface area contributed by atoms with E-state index in [1.165, 1.54) is 11.8 Å². The molecule has 0 atom stereocenters. The Labute approximate surface area is 177 Å². The predicted molar refractivity (Wildman–Crippen MR) is 117 cm³/mol. The summed E-state index contributed by atoms with van der Waals surface area (Å²) in [6, 6.07) is 7.83. The number of aliphatic carboxylic acids is 1. The van der Waals surface area contributed by atoms with Crippen molar-refractivity contribution in [1.29, 1.82) is 0 Å². The van der Waals surface area contributed by atoms with Crippen LogP contribution in [0, 0.1) is 6.92 Å². The molecule has 0 spiro atoms. The number of hydrogen-bond acceptors (Lipinski definition) is 5. The molecule has 28 heavy (non-hydrogen) atoms. The number of para-hydroxylation sites is 1. The zero-order valence-electron chi connectivity index (χ0n) is 15.3. The van der Waals surface area contributed by atoms with Crippen molar-refractivity contribution in [2.24, 2.45) is 0 Å². The number of pyridine rings is 1. The van der Waals surface area contributed by atoms with Crippen molar-refractivity contribution in [3.8, 4) is 0 Å². The number of hydrogen-bond donors (Lipinski definition) is 1. The van der Waals surface area contributed by atoms with E-state index in [2.05, 4.69) is 4.98 Å². The third-order valence-electron chi connectivity index (χ3n) is 4.46. The van der Waals surface area contributed by atoms with Crippen molar-refractivity contribution in [1.82, 2.24) is 9.88 Å². The number of rotatable bonds is 7. The van der Waals surface area contributed by atoms with Gasteiger partial charge in [-0.1, -0.05) is 60.2 Å². The number of nitrogens with zero attached hydrogens (tertiary/aromatic N) is 2. The molecule has 1 aromatic carbocycles. The monoisotopic (exact) mass is 434 g/mol. The first-order chi connectivity index (χ1) is 13.4. The fourth-order valence-corrected chi connectivity index (χ4v) is 4.49. The lowest BCUT2D eigenvalue weighted by molar-refractivity contribution is -0.137. The zero-order chi connectivity index (χ0) is 20.3. The molecular weight excluding hydrogens is 416 g/mol. The number of carbonyl (C=O) groups excluding carboxylic acids is 1. The third kappa shape index (κ3) is 4.71. The predicted octanol–water partition coefficient (Wildman–Crippen LogP) is 5.04. The van der Waals surface area contributed by atoms with Gasteiger partial charge in [0.2, 0.25) is 0 Å². The molecule has 0 bridgehead atoms. The average molecular weight is 435 g/mol. The van der Waals surface area contributed by atoms with Crippen molar-refractivity contribution < 1.29 is 14.7 Å². The number of thiocarbonyl (C=S) groups is 1. The van der Waals surface area contributed by atoms with Crippen LogP contribution < -0.4 is 0 Å². The number of fused-ring (bicyclic) bond motifs is 1. The molecule has 8 heteroatoms. The highest BCUT2D eigenvalue weighted by atomic mass is 35.5. The summed E-state index contributed by atoms with van der Waals surface area (Å²) in [6.07, 6.45) is 3.93. The van der Waals surface area contributed by atoms with E-state index in [1.54, 1.807) is 11.0 Å². The number of halogens is 1. The van der Waals surface area contributed by atoms with E-state index in [0.29, 0.717) is 39.3 Å². The first-order valence-electron chi connectivity index (χ1n) is 8.90. The van der Waals surface area contributed by atoms with Gasteiger partial charge in [0.05, 0.1) is 10.4 Å². The maximum absolute atomic E-state index is 12.7. The number of unbranched alkanes of at least 4 members (excludes halogenated alkanes) is 2. The summed E-state index contributed by atoms with van der Waals surface area (Å²) in [5, 5.41) is 9.99. The Bertz CT molecular complexity index is 991. The van der Waals surface area contributed by atoms with Crippen LogP contribution >= 0.6 is 35.6 Å². The standard InChI is InChI=1S/C20H19ClN2O3S2/c1-12-6-5-7-13-10-14(18(21)22-17(12)13)11-15-19(26)23(20(27)28-15)9-4-2-3-8-16(24)25/h5-7,10-11H,2-4,8-9H2,1H3,(H,24,25). The van der Waals surface area contributed by atoms with Gasteiger partial charge >= 0.3 is 5.97 Å². The SMILES string of the molecule is Cc1cccc2cc(C=C3SC(=S)N(CCCCCC(=O)O)C3=O)c(Cl)nc12. The van der Waals surface area contributed by atoms with Crippen molar-refractivity contribution in [3.05, 3.63) is 45.5 Å². The fraction of sp³-hybridized carbons (Fsp3) is 0.300. The quantitative estimate of drug-likeness (QED) is 0.285. The lowest BCUT2D eigenvalue weighted by Gasteiger charge is -2.13. The second-order valence-corrected chi connectivity index (χ2v) is 8.59. The largest absolute Gasteiger partial charge is 0.481 e. The van der Waals surface area contributed by atoms with Crippen LogP contribution in [0.3, 0.4) is 0 Å². The highest BCUT2D eigenvalue weighted by Gasteiger charge is 2.31. The van der Waals surface area contributed by atoms with Gasteiger partial charge in [0.15, 0.2) is 0 Å². The number of aryl methyl sites for hydroxylation is 1. The van der Waals surface area contributed by atoms with Gasteiger partial charge in [-0.25, -0.2) is 4.98 Å². The first kappa shape index (κ1) is 20.8. The van der Waals surface area contributed by atoms with E-state index in [4.69, 9.17) is 28.9 Å². The number of amides is 1. The lowest BCUT2D eigenvalue weighted by Crippen LogP contribution is -2.29. The van der Waals surface area contributed by atoms with E-state index >= 15 is 0 Å². The van der Waals surface area contributed by atoms with Crippen LogP contribution in [0.5, 0.6) is 0 Å². The van der Waals surface area contributed by atoms with Gasteiger partial charge in [-0.15, -0.1) is 0 Å². The van der Waals surface area contributed by atoms with Crippen LogP contribution in [0.4, 0.5) is 0 Å². The number of aromatic nitrogens is 1. The average Bonchev–Trinajstić information content (AvgIpc) is 2.90. The maximum atomic E-state index is 12.7. The second-order valence-electron chi connectivity index (χ2n) is 6.55. The highest BCUT2D eigenvalue weighted by molar-refractivity contribution is 8.26. The molecule has 1 fully saturated rings. The van der Waals surface area contributed by atoms with Crippen molar-refractivity contribution >= 4 is 68.8 Å². The molecule has 1 aliphatic rings. The Hall–Kier alpha value is -1.96. The van der Waals surface area contributed by atoms with E-state index < -0.39 is 5.97 Å². The van der Waals surface area contributed by atoms with Gasteiger partial charge in [-0.2, -0.15) is 0 Å². The smallest absolute Gasteiger partial charge is 0.303 e. The number of carboxylic acid groups (broad SMARTS) is 1. The van der Waals surface area contributed by atoms with Crippen LogP contribution in [-0.4, -0.2) is 37.7 Å². The summed E-state index contributed by atoms with van der Waals surface area (Å²) in [5.74, 6) is -0.946. The summed E-state index contributed by atoms with van der Waals surface area (Å²) in [4.78, 5) is 29.8. The third-order valence-corrected chi connectivity index (χ3v) is 6.14. The molecule has 0 saturated carbocycles. The van der Waals surface area contributed by atoms with Gasteiger partial charge in [-0.3, -0.25) is 14.5 Å². The molecule has 2 aromatic rings. The Morgan fingerprint density at radius 3 is 2.89 bits per heavy atom. The number of benzene rings is 1. The van der Waals surface area contributed by atoms with Crippen LogP contribution in [0.15, 0.2) is 29.2 Å². The molecular formula is C20H19ClN2O3S2. The molecule has 3 rings (SSSR count). The molecule has 0 aliphatic carbocycles. The summed E-state index contributed by atoms with van der Waals surface area (Å²) >= 11 is 12.9. The first-order valence-corrected chi connectivity index (χ1v) is 10.5. The van der Waals surface area contributed by atoms with Crippen molar-refractivity contribution in [2.45, 2.75) is 32.6 Å². The minimum absolute atomic E-state index is 0.144. The molecule has 1 aliphatic heterocycles. The van der Waals surface area contributed by atoms with E-state index in [1.807, 2.05) is 31.2 Å². The van der Waals surface area contributed by atoms with Crippen LogP contribution in [0.25, 0.3) is 17.0 Å². The topological polar surface area (TPSA) is 70.5 Å². The van der Waals surface area contributed by atoms with Crippen LogP contribution in [0.2, 0.25) is 5.15 Å². The minimum Gasteiger partial charge on any atom is -0.481 e. The molecule has 146 valence electrons. The fourth-order valence-electron chi connectivity index (χ4n) is 3.00. The molecule has 1 aromatic heterocycles. The Morgan fingerprint density at radius 2 is 2.14 bits per heavy atom. The molecule has 1 saturated heterocycles. The molecule has 0 radical (unpaired) electrons. The molecule has 2 heterocycles. The van der Waals surface area contributed by atoms with Crippen LogP contribution in [0.1, 0.15) is 36.8 Å². The number of carbonyl (C=O) groups is 2. The Kier molecular flexibility index (Phi) is 6.69. The van der Waals surface area contributed by atoms with Crippen LogP contribution in [-0.2, 0) is 9.59 Å². The normalized spacial score (nSPS) is 15.8. The minimum atomic E-state index is -0.801. The summed E-state index contributed by atoms with van der Waals surface area (Å²) < 4.78 is 0.509. The molecule has 1 amide bonds. The van der Waals surface area contributed by atoms with Gasteiger partial charge in [-0.05, 0) is 37.5 Å². The lowest BCUT2D eigenvalue weighted by atomic mass is 10.1. The van der Waals surface area contributed by atoms with Gasteiger partial charge < -0.3 is 5.11 Å². The Balaban J connectivity index is 1.74. The highest BCUT2D eigenvalue weighted by Crippen LogP contribution is 2.34. The molecule has 5 nitrogen and oxygen atoms in total. The summed E-state index contributed by atoms with van der Waals surface area (Å²) in [7, 11) is 0. The Morgan fingerprint density at radius 1 is 1.36 bits per heavy atom. The number of carboxylic acids is 1. The zero-order valence-corrected chi connectivity index (χ0v) is 17.7. The summed E-state index contributed by atoms with van der Waals surface area (Å²) in [5.41, 5.74) is 2.57. The number of thioether (sulfide) groups is 1. The summed E-state index contributed by atoms with van der Waals surface area (Å²) in [6.45, 7) is 2.47. The molecule has 0 unspecified atom stereocenters. The molecule has 1 N–H and O–H groups in total. The van der Waals surface area contributed by atoms with Gasteiger partial charge in [0.25, 0.3) is 5.91 Å². The van der Waals surface area contributed by atoms with Crippen molar-refractivity contribution in [3.63, 3.8) is 0 Å². The van der Waals surface area contributed by atoms with Gasteiger partial charge in [0, 0.05) is 23.9 Å². The maximum Gasteiger partial charge on any atom is 0.303 e. The van der Waals surface area contributed by atoms with E-state index in [0.717, 1.165) is 22.9 Å². The van der Waals surface area contributed by atoms with Gasteiger partial charge in [0.1, 0.15) is 9.47 Å².